The van der Waals surface area contributed by atoms with Crippen molar-refractivity contribution in [2.75, 3.05) is 19.8 Å². The van der Waals surface area contributed by atoms with Crippen LogP contribution in [0.5, 0.6) is 0 Å². The van der Waals surface area contributed by atoms with Crippen molar-refractivity contribution < 1.29 is 67.9 Å². The van der Waals surface area contributed by atoms with Crippen LogP contribution in [-0.2, 0) is 26.2 Å². The van der Waals surface area contributed by atoms with E-state index in [1.807, 2.05) is 0 Å². The minimum Gasteiger partial charge on any atom is -0.397 e. The van der Waals surface area contributed by atoms with Gasteiger partial charge in [0.1, 0.15) is 0 Å². The van der Waals surface area contributed by atoms with Crippen LogP contribution >= 0.6 is 0 Å². The molecule has 0 aliphatic carbocycles. The van der Waals surface area contributed by atoms with Crippen molar-refractivity contribution in [2.24, 2.45) is 0 Å². The van der Waals surface area contributed by atoms with E-state index in [9.17, 15) is 26.3 Å². The van der Waals surface area contributed by atoms with E-state index in [-0.39, 0.29) is 46.0 Å². The van der Waals surface area contributed by atoms with E-state index in [0.29, 0.717) is 0 Å². The largest absolute Gasteiger partial charge is 0.397 e. The Balaban J connectivity index is -0.000000169. The van der Waals surface area contributed by atoms with Gasteiger partial charge in [-0.25, -0.2) is 12.1 Å². The van der Waals surface area contributed by atoms with Crippen molar-refractivity contribution in [3.8, 4) is 0 Å². The first-order chi connectivity index (χ1) is 10.5. The fourth-order valence-electron chi connectivity index (χ4n) is 1.14. The van der Waals surface area contributed by atoms with Crippen molar-refractivity contribution in [2.45, 2.75) is 32.4 Å². The van der Waals surface area contributed by atoms with Gasteiger partial charge in [0.15, 0.2) is 0 Å². The van der Waals surface area contributed by atoms with Crippen molar-refractivity contribution in [1.82, 2.24) is 0 Å². The average molecular weight is 461 g/mol. The summed E-state index contributed by atoms with van der Waals surface area (Å²) in [4.78, 5) is 0. The Morgan fingerprint density at radius 2 is 0.958 bits per heavy atom. The maximum atomic E-state index is 12.1. The number of aliphatic hydroxyl groups excluding tert-OH is 3. The minimum absolute atomic E-state index is 0. The van der Waals surface area contributed by atoms with Crippen LogP contribution in [0.4, 0.5) is 26.3 Å². The fraction of sp³-hybridized carbons (Fsp3) is 0.615. The zero-order valence-corrected chi connectivity index (χ0v) is 17.2. The van der Waals surface area contributed by atoms with Gasteiger partial charge in [-0.05, 0) is 20.8 Å². The normalized spacial score (nSPS) is 10.2. The maximum absolute atomic E-state index is 12.1. The number of aliphatic hydroxyl groups is 3. The van der Waals surface area contributed by atoms with Crippen LogP contribution in [0, 0.1) is 0 Å². The summed E-state index contributed by atoms with van der Waals surface area (Å²) in [6.45, 7) is 5.79. The Morgan fingerprint density at radius 3 is 1.12 bits per heavy atom. The number of rotatable bonds is 1. The van der Waals surface area contributed by atoms with Crippen molar-refractivity contribution in [1.29, 1.82) is 0 Å². The van der Waals surface area contributed by atoms with Gasteiger partial charge in [0.2, 0.25) is 0 Å². The summed E-state index contributed by atoms with van der Waals surface area (Å²) in [5, 5.41) is 22.1. The molecule has 0 aromatic heterocycles. The number of halogens is 6. The second-order valence-electron chi connectivity index (χ2n) is 3.68. The Bertz CT molecular complexity index is 326. The fourth-order valence-corrected chi connectivity index (χ4v) is 2.88. The second kappa shape index (κ2) is 17.7. The molecule has 0 aliphatic rings. The Labute approximate surface area is 158 Å². The smallest absolute Gasteiger partial charge is 0.361 e. The Hall–Kier alpha value is -0.0900. The van der Waals surface area contributed by atoms with Crippen molar-refractivity contribution in [3.05, 3.63) is 24.3 Å². The third-order valence-corrected chi connectivity index (χ3v) is 4.04. The van der Waals surface area contributed by atoms with E-state index >= 15 is 0 Å². The van der Waals surface area contributed by atoms with E-state index < -0.39 is 25.6 Å². The third-order valence-electron chi connectivity index (χ3n) is 1.68. The van der Waals surface area contributed by atoms with E-state index in [1.54, 1.807) is 20.8 Å². The molecule has 0 radical (unpaired) electrons. The van der Waals surface area contributed by atoms with Gasteiger partial charge in [0.25, 0.3) is 8.80 Å². The van der Waals surface area contributed by atoms with Crippen molar-refractivity contribution in [3.63, 3.8) is 0 Å². The van der Waals surface area contributed by atoms with Crippen LogP contribution < -0.4 is 5.19 Å². The molecule has 144 valence electrons. The first-order valence-electron chi connectivity index (χ1n) is 6.65. The molecular weight excluding hydrogens is 437 g/mol. The van der Waals surface area contributed by atoms with Crippen LogP contribution in [0.2, 0.25) is 0 Å². The van der Waals surface area contributed by atoms with Crippen molar-refractivity contribution >= 4 is 14.0 Å². The summed E-state index contributed by atoms with van der Waals surface area (Å²) in [5.41, 5.74) is 0. The van der Waals surface area contributed by atoms with Crippen LogP contribution in [0.25, 0.3) is 0 Å². The molecule has 11 heteroatoms. The van der Waals surface area contributed by atoms with Gasteiger partial charge in [-0.1, -0.05) is 0 Å². The quantitative estimate of drug-likeness (QED) is 0.342. The predicted molar refractivity (Wildman–Crippen MR) is 79.2 cm³/mol. The Kier molecular flexibility index (Phi) is 23.4. The first-order valence-corrected chi connectivity index (χ1v) is 8.38. The molecule has 3 nitrogen and oxygen atoms in total. The summed E-state index contributed by atoms with van der Waals surface area (Å²) in [6.07, 6.45) is 0. The van der Waals surface area contributed by atoms with Gasteiger partial charge in [-0.3, -0.25) is 0 Å². The van der Waals surface area contributed by atoms with E-state index in [1.165, 1.54) is 12.1 Å². The molecule has 0 amide bonds. The van der Waals surface area contributed by atoms with Gasteiger partial charge in [0, 0.05) is 46.0 Å². The summed E-state index contributed by atoms with van der Waals surface area (Å²) in [7, 11) is -4.92. The standard InChI is InChI=1S/C7H5F6Si.3C2H6O.Zr/c8-6(9,10)14(7(11,12)13)5-3-1-2-4-5;3*1-2-3;/h1-4,14H;3*3H,2H2,1H3;/q-1;;;;. The van der Waals surface area contributed by atoms with Crippen LogP contribution in [0.1, 0.15) is 20.8 Å². The van der Waals surface area contributed by atoms with Gasteiger partial charge in [-0.2, -0.15) is 38.5 Å². The zero-order chi connectivity index (χ0) is 19.1. The molecule has 0 saturated heterocycles. The van der Waals surface area contributed by atoms with Crippen LogP contribution in [0.3, 0.4) is 0 Å². The second-order valence-corrected chi connectivity index (χ2v) is 6.53. The molecular formula is C13H23F6O3SiZr-. The van der Waals surface area contributed by atoms with Gasteiger partial charge < -0.3 is 15.3 Å². The Morgan fingerprint density at radius 1 is 0.750 bits per heavy atom. The van der Waals surface area contributed by atoms with E-state index in [2.05, 4.69) is 0 Å². The topological polar surface area (TPSA) is 60.7 Å². The molecule has 1 aromatic carbocycles. The van der Waals surface area contributed by atoms with Gasteiger partial charge >= 0.3 is 11.6 Å². The maximum Gasteiger partial charge on any atom is 0.361 e. The molecule has 0 aliphatic heterocycles. The summed E-state index contributed by atoms with van der Waals surface area (Å²) >= 11 is 0. The summed E-state index contributed by atoms with van der Waals surface area (Å²) in [6, 6.07) is 4.09. The molecule has 1 rings (SSSR count). The minimum atomic E-state index is -5.16. The molecule has 0 heterocycles. The molecule has 0 unspecified atom stereocenters. The molecule has 0 bridgehead atoms. The summed E-state index contributed by atoms with van der Waals surface area (Å²) in [5.74, 6) is -10.3. The molecule has 24 heavy (non-hydrogen) atoms. The van der Waals surface area contributed by atoms with Crippen LogP contribution in [0.15, 0.2) is 24.3 Å². The third kappa shape index (κ3) is 18.3. The zero-order valence-electron chi connectivity index (χ0n) is 13.6. The van der Waals surface area contributed by atoms with Crippen LogP contribution in [-0.4, -0.2) is 55.5 Å². The molecule has 0 saturated carbocycles. The predicted octanol–water partition coefficient (Wildman–Crippen LogP) is 2.04. The van der Waals surface area contributed by atoms with E-state index in [4.69, 9.17) is 15.3 Å². The SMILES string of the molecule is CCO.CCO.CCO.FC(F)(F)[SiH]([c-]1cccc1)C(F)(F)F.[Zr]. The first kappa shape index (κ1) is 31.7. The molecule has 0 fully saturated rings. The summed E-state index contributed by atoms with van der Waals surface area (Å²) < 4.78 is 72.7. The number of hydrogen-bond donors (Lipinski definition) is 3. The van der Waals surface area contributed by atoms with Gasteiger partial charge in [-0.15, -0.1) is 5.19 Å². The number of alkyl halides is 6. The molecule has 0 atom stereocenters. The number of hydrogen-bond acceptors (Lipinski definition) is 3. The molecule has 3 N–H and O–H groups in total. The van der Waals surface area contributed by atoms with E-state index in [0.717, 1.165) is 12.1 Å². The monoisotopic (exact) mass is 459 g/mol. The van der Waals surface area contributed by atoms with Gasteiger partial charge in [0.05, 0.1) is 0 Å². The average Bonchev–Trinajstić information content (AvgIpc) is 2.81. The molecule has 1 aromatic rings. The molecule has 0 spiro atoms.